The molecule has 0 fully saturated rings. The molecule has 0 saturated carbocycles. The van der Waals surface area contributed by atoms with Gasteiger partial charge in [0.2, 0.25) is 5.91 Å². The lowest BCUT2D eigenvalue weighted by Gasteiger charge is -2.19. The summed E-state index contributed by atoms with van der Waals surface area (Å²) in [5.74, 6) is -1.78. The Morgan fingerprint density at radius 1 is 1.32 bits per heavy atom. The van der Waals surface area contributed by atoms with Gasteiger partial charge in [-0.2, -0.15) is 17.7 Å². The molecule has 0 saturated heterocycles. The molecule has 0 spiro atoms. The van der Waals surface area contributed by atoms with E-state index in [1.165, 1.54) is 0 Å². The van der Waals surface area contributed by atoms with Crippen molar-refractivity contribution in [1.29, 1.82) is 0 Å². The zero-order valence-corrected chi connectivity index (χ0v) is 14.8. The van der Waals surface area contributed by atoms with Crippen molar-refractivity contribution in [1.82, 2.24) is 15.1 Å². The summed E-state index contributed by atoms with van der Waals surface area (Å²) in [6.07, 6.45) is -6.42. The van der Waals surface area contributed by atoms with E-state index < -0.39 is 53.2 Å². The molecule has 1 N–H and O–H groups in total. The number of esters is 1. The van der Waals surface area contributed by atoms with Crippen LogP contribution in [0.25, 0.3) is 0 Å². The van der Waals surface area contributed by atoms with Gasteiger partial charge in [-0.05, 0) is 13.8 Å². The second-order valence-corrected chi connectivity index (χ2v) is 5.55. The Bertz CT molecular complexity index is 630. The molecular formula is C13H16ClF4N3O3S. The maximum Gasteiger partial charge on any atom is 0.329 e. The van der Waals surface area contributed by atoms with Crippen LogP contribution in [0.2, 0.25) is 5.02 Å². The van der Waals surface area contributed by atoms with Crippen LogP contribution in [0.4, 0.5) is 17.6 Å². The monoisotopic (exact) mass is 405 g/mol. The average molecular weight is 406 g/mol. The van der Waals surface area contributed by atoms with Crippen molar-refractivity contribution in [3.8, 4) is 0 Å². The lowest BCUT2D eigenvalue weighted by Crippen LogP contribution is -2.46. The molecule has 1 aromatic heterocycles. The summed E-state index contributed by atoms with van der Waals surface area (Å²) in [5.41, 5.74) is -2.05. The van der Waals surface area contributed by atoms with Gasteiger partial charge < -0.3 is 10.1 Å². The standard InChI is InChI=1S/C13H16ClF4N3O3S/c1-3-24-13(23)6(4-25)19-12(22)5(2)21-9(11(17)18)7(14)8(20-21)10(15)16/h5-6,10-11,25H,3-4H2,1-2H3,(H,19,22)/t5?,6-/m0/s1. The zero-order chi connectivity index (χ0) is 19.3. The number of thiol groups is 1. The molecule has 142 valence electrons. The van der Waals surface area contributed by atoms with E-state index in [0.29, 0.717) is 4.68 Å². The van der Waals surface area contributed by atoms with Crippen molar-refractivity contribution >= 4 is 36.1 Å². The quantitative estimate of drug-likeness (QED) is 0.396. The normalized spacial score (nSPS) is 13.8. The Hall–Kier alpha value is -1.49. The molecule has 0 aromatic carbocycles. The van der Waals surface area contributed by atoms with E-state index in [2.05, 4.69) is 23.0 Å². The minimum Gasteiger partial charge on any atom is -0.464 e. The third-order valence-corrected chi connectivity index (χ3v) is 3.89. The number of alkyl halides is 4. The van der Waals surface area contributed by atoms with Crippen molar-refractivity contribution in [3.63, 3.8) is 0 Å². The molecule has 0 aliphatic heterocycles. The highest BCUT2D eigenvalue weighted by Crippen LogP contribution is 2.36. The SMILES string of the molecule is CCOC(=O)[C@H](CS)NC(=O)C(C)n1nc(C(F)F)c(Cl)c1C(F)F. The van der Waals surface area contributed by atoms with E-state index >= 15 is 0 Å². The number of halogens is 5. The average Bonchev–Trinajstić information content (AvgIpc) is 2.89. The van der Waals surface area contributed by atoms with Gasteiger partial charge in [-0.25, -0.2) is 27.0 Å². The fourth-order valence-corrected chi connectivity index (χ4v) is 2.43. The molecule has 1 unspecified atom stereocenters. The van der Waals surface area contributed by atoms with Crippen molar-refractivity contribution in [3.05, 3.63) is 16.4 Å². The summed E-state index contributed by atoms with van der Waals surface area (Å²) >= 11 is 9.43. The third-order valence-electron chi connectivity index (χ3n) is 3.14. The number of aromatic nitrogens is 2. The van der Waals surface area contributed by atoms with Gasteiger partial charge in [0.25, 0.3) is 12.9 Å². The Balaban J connectivity index is 3.09. The van der Waals surface area contributed by atoms with Crippen LogP contribution in [0.1, 0.15) is 44.1 Å². The third kappa shape index (κ3) is 5.00. The van der Waals surface area contributed by atoms with Crippen molar-refractivity contribution in [2.24, 2.45) is 0 Å². The van der Waals surface area contributed by atoms with Crippen molar-refractivity contribution in [2.75, 3.05) is 12.4 Å². The van der Waals surface area contributed by atoms with E-state index in [9.17, 15) is 27.2 Å². The Kier molecular flexibility index (Phi) is 8.00. The summed E-state index contributed by atoms with van der Waals surface area (Å²) < 4.78 is 57.1. The highest BCUT2D eigenvalue weighted by molar-refractivity contribution is 7.80. The summed E-state index contributed by atoms with van der Waals surface area (Å²) in [5, 5.41) is 4.67. The first-order valence-corrected chi connectivity index (χ1v) is 8.08. The number of carbonyl (C=O) groups is 2. The lowest BCUT2D eigenvalue weighted by atomic mass is 10.2. The second-order valence-electron chi connectivity index (χ2n) is 4.80. The van der Waals surface area contributed by atoms with Crippen LogP contribution in [0.15, 0.2) is 0 Å². The molecule has 1 heterocycles. The molecular weight excluding hydrogens is 390 g/mol. The van der Waals surface area contributed by atoms with E-state index in [0.717, 1.165) is 6.92 Å². The first kappa shape index (κ1) is 21.6. The fourth-order valence-electron chi connectivity index (χ4n) is 1.90. The zero-order valence-electron chi connectivity index (χ0n) is 13.2. The molecule has 12 heteroatoms. The highest BCUT2D eigenvalue weighted by atomic mass is 35.5. The molecule has 6 nitrogen and oxygen atoms in total. The van der Waals surface area contributed by atoms with Crippen molar-refractivity contribution < 1.29 is 31.9 Å². The Labute approximate surface area is 151 Å². The molecule has 0 radical (unpaired) electrons. The van der Waals surface area contributed by atoms with Crippen LogP contribution in [0.3, 0.4) is 0 Å². The van der Waals surface area contributed by atoms with E-state index in [4.69, 9.17) is 16.3 Å². The van der Waals surface area contributed by atoms with Crippen LogP contribution >= 0.6 is 24.2 Å². The van der Waals surface area contributed by atoms with Gasteiger partial charge in [0.15, 0.2) is 0 Å². The smallest absolute Gasteiger partial charge is 0.329 e. The second kappa shape index (κ2) is 9.27. The molecule has 25 heavy (non-hydrogen) atoms. The number of nitrogens with zero attached hydrogens (tertiary/aromatic N) is 2. The molecule has 0 aliphatic carbocycles. The number of hydrogen-bond acceptors (Lipinski definition) is 5. The van der Waals surface area contributed by atoms with Gasteiger partial charge in [-0.1, -0.05) is 11.6 Å². The minimum atomic E-state index is -3.23. The lowest BCUT2D eigenvalue weighted by molar-refractivity contribution is -0.147. The number of nitrogens with one attached hydrogen (secondary N) is 1. The summed E-state index contributed by atoms with van der Waals surface area (Å²) in [4.78, 5) is 23.8. The number of ether oxygens (including phenoxy) is 1. The minimum absolute atomic E-state index is 0.0660. The number of carbonyl (C=O) groups excluding carboxylic acids is 2. The molecule has 1 rings (SSSR count). The van der Waals surface area contributed by atoms with E-state index in [-0.39, 0.29) is 12.4 Å². The van der Waals surface area contributed by atoms with E-state index in [1.807, 2.05) is 0 Å². The van der Waals surface area contributed by atoms with Crippen LogP contribution in [0.5, 0.6) is 0 Å². The molecule has 0 aliphatic rings. The molecule has 0 bridgehead atoms. The number of hydrogen-bond donors (Lipinski definition) is 2. The Morgan fingerprint density at radius 2 is 1.92 bits per heavy atom. The summed E-state index contributed by atoms with van der Waals surface area (Å²) in [6, 6.07) is -2.56. The van der Waals surface area contributed by atoms with Gasteiger partial charge >= 0.3 is 5.97 Å². The van der Waals surface area contributed by atoms with Gasteiger partial charge in [-0.15, -0.1) is 0 Å². The topological polar surface area (TPSA) is 73.2 Å². The van der Waals surface area contributed by atoms with E-state index in [1.54, 1.807) is 6.92 Å². The first-order chi connectivity index (χ1) is 11.6. The van der Waals surface area contributed by atoms with Crippen LogP contribution in [-0.4, -0.2) is 40.1 Å². The van der Waals surface area contributed by atoms with Crippen LogP contribution in [-0.2, 0) is 14.3 Å². The maximum absolute atomic E-state index is 13.1. The maximum atomic E-state index is 13.1. The molecule has 1 aromatic rings. The first-order valence-electron chi connectivity index (χ1n) is 7.07. The van der Waals surface area contributed by atoms with Gasteiger partial charge in [0, 0.05) is 5.75 Å². The fraction of sp³-hybridized carbons (Fsp3) is 0.615. The van der Waals surface area contributed by atoms with Gasteiger partial charge in [0.1, 0.15) is 23.5 Å². The number of rotatable bonds is 8. The van der Waals surface area contributed by atoms with Crippen molar-refractivity contribution in [2.45, 2.75) is 38.8 Å². The van der Waals surface area contributed by atoms with Gasteiger partial charge in [-0.3, -0.25) is 4.79 Å². The Morgan fingerprint density at radius 3 is 2.36 bits per heavy atom. The molecule has 1 amide bonds. The predicted molar refractivity (Wildman–Crippen MR) is 84.3 cm³/mol. The van der Waals surface area contributed by atoms with Crippen LogP contribution < -0.4 is 5.32 Å². The number of amides is 1. The summed E-state index contributed by atoms with van der Waals surface area (Å²) in [6.45, 7) is 2.78. The van der Waals surface area contributed by atoms with Gasteiger partial charge in [0.05, 0.1) is 11.6 Å². The largest absolute Gasteiger partial charge is 0.464 e. The summed E-state index contributed by atoms with van der Waals surface area (Å²) in [7, 11) is 0. The highest BCUT2D eigenvalue weighted by Gasteiger charge is 2.33. The van der Waals surface area contributed by atoms with Crippen LogP contribution in [0, 0.1) is 0 Å². The molecule has 2 atom stereocenters. The predicted octanol–water partition coefficient (Wildman–Crippen LogP) is 2.95.